The van der Waals surface area contributed by atoms with Gasteiger partial charge in [0, 0.05) is 12.7 Å². The third-order valence-corrected chi connectivity index (χ3v) is 3.12. The summed E-state index contributed by atoms with van der Waals surface area (Å²) in [5.74, 6) is -0.0230. The average molecular weight is 322 g/mol. The predicted octanol–water partition coefficient (Wildman–Crippen LogP) is 2.87. The molecule has 0 bridgehead atoms. The van der Waals surface area contributed by atoms with E-state index in [9.17, 15) is 4.79 Å². The van der Waals surface area contributed by atoms with Gasteiger partial charge in [-0.15, -0.1) is 0 Å². The second kappa shape index (κ2) is 5.57. The van der Waals surface area contributed by atoms with Crippen molar-refractivity contribution in [2.24, 2.45) is 0 Å². The summed E-state index contributed by atoms with van der Waals surface area (Å²) in [5.41, 5.74) is 3.12. The van der Waals surface area contributed by atoms with Gasteiger partial charge >= 0.3 is 0 Å². The fourth-order valence-electron chi connectivity index (χ4n) is 1.61. The lowest BCUT2D eigenvalue weighted by Gasteiger charge is -2.15. The summed E-state index contributed by atoms with van der Waals surface area (Å²) < 4.78 is -0.539. The van der Waals surface area contributed by atoms with Gasteiger partial charge in [0.25, 0.3) is 0 Å². The number of hydrogen-bond donors (Lipinski definition) is 2. The van der Waals surface area contributed by atoms with E-state index in [4.69, 9.17) is 0 Å². The number of nitrogens with one attached hydrogen (secondary N) is 2. The molecule has 0 aliphatic rings. The van der Waals surface area contributed by atoms with E-state index in [2.05, 4.69) is 31.4 Å². The van der Waals surface area contributed by atoms with Crippen LogP contribution in [0.15, 0.2) is 36.5 Å². The zero-order valence-corrected chi connectivity index (χ0v) is 12.5. The number of rotatable bonds is 4. The molecule has 4 nitrogen and oxygen atoms in total. The highest BCUT2D eigenvalue weighted by Crippen LogP contribution is 2.18. The molecule has 0 saturated heterocycles. The lowest BCUT2D eigenvalue weighted by atomic mass is 10.1. The molecule has 0 fully saturated rings. The van der Waals surface area contributed by atoms with E-state index in [1.807, 2.05) is 44.2 Å². The van der Waals surface area contributed by atoms with E-state index >= 15 is 0 Å². The van der Waals surface area contributed by atoms with E-state index in [-0.39, 0.29) is 5.91 Å². The summed E-state index contributed by atoms with van der Waals surface area (Å²) in [6.45, 7) is 4.17. The Morgan fingerprint density at radius 2 is 2.00 bits per heavy atom. The number of aromatic amines is 1. The molecular formula is C14H16BrN3O. The molecular weight excluding hydrogens is 306 g/mol. The van der Waals surface area contributed by atoms with Crippen molar-refractivity contribution in [3.63, 3.8) is 0 Å². The third kappa shape index (κ3) is 3.67. The molecule has 1 heterocycles. The van der Waals surface area contributed by atoms with Gasteiger partial charge in [-0.05, 0) is 31.0 Å². The number of amides is 1. The van der Waals surface area contributed by atoms with Crippen LogP contribution in [0.3, 0.4) is 0 Å². The largest absolute Gasteiger partial charge is 0.351 e. The summed E-state index contributed by atoms with van der Waals surface area (Å²) >= 11 is 3.33. The van der Waals surface area contributed by atoms with Crippen molar-refractivity contribution in [3.05, 3.63) is 42.1 Å². The first-order chi connectivity index (χ1) is 8.97. The van der Waals surface area contributed by atoms with Crippen molar-refractivity contribution >= 4 is 21.8 Å². The molecule has 2 N–H and O–H groups in total. The van der Waals surface area contributed by atoms with Crippen LogP contribution in [0.25, 0.3) is 11.3 Å². The Bertz CT molecular complexity index is 541. The SMILES string of the molecule is CC(C)(Br)C(=O)NCc1ccc(-c2ccn[nH]2)cc1. The van der Waals surface area contributed by atoms with Crippen LogP contribution in [0, 0.1) is 0 Å². The molecule has 0 aliphatic carbocycles. The number of carbonyl (C=O) groups excluding carboxylic acids is 1. The normalized spacial score (nSPS) is 11.3. The average Bonchev–Trinajstić information content (AvgIpc) is 2.89. The van der Waals surface area contributed by atoms with Crippen molar-refractivity contribution < 1.29 is 4.79 Å². The van der Waals surface area contributed by atoms with Crippen LogP contribution in [0.5, 0.6) is 0 Å². The predicted molar refractivity (Wildman–Crippen MR) is 78.9 cm³/mol. The first-order valence-electron chi connectivity index (χ1n) is 6.03. The topological polar surface area (TPSA) is 57.8 Å². The second-order valence-corrected chi connectivity index (χ2v) is 6.80. The lowest BCUT2D eigenvalue weighted by Crippen LogP contribution is -2.36. The summed E-state index contributed by atoms with van der Waals surface area (Å²) in [4.78, 5) is 11.7. The maximum absolute atomic E-state index is 11.7. The van der Waals surface area contributed by atoms with Crippen LogP contribution >= 0.6 is 15.9 Å². The maximum atomic E-state index is 11.7. The number of aromatic nitrogens is 2. The number of alkyl halides is 1. The molecule has 19 heavy (non-hydrogen) atoms. The first kappa shape index (κ1) is 13.8. The monoisotopic (exact) mass is 321 g/mol. The number of nitrogens with zero attached hydrogens (tertiary/aromatic N) is 1. The molecule has 1 amide bonds. The molecule has 2 rings (SSSR count). The van der Waals surface area contributed by atoms with Gasteiger partial charge < -0.3 is 5.32 Å². The number of hydrogen-bond acceptors (Lipinski definition) is 2. The highest BCUT2D eigenvalue weighted by molar-refractivity contribution is 9.10. The Balaban J connectivity index is 1.98. The zero-order chi connectivity index (χ0) is 13.9. The summed E-state index contributed by atoms with van der Waals surface area (Å²) in [6, 6.07) is 9.93. The highest BCUT2D eigenvalue weighted by atomic mass is 79.9. The number of H-pyrrole nitrogens is 1. The van der Waals surface area contributed by atoms with E-state index in [1.54, 1.807) is 6.20 Å². The van der Waals surface area contributed by atoms with Crippen LogP contribution < -0.4 is 5.32 Å². The molecule has 1 aromatic heterocycles. The van der Waals surface area contributed by atoms with Crippen molar-refractivity contribution in [1.29, 1.82) is 0 Å². The van der Waals surface area contributed by atoms with Crippen LogP contribution in [0.2, 0.25) is 0 Å². The Hall–Kier alpha value is -1.62. The quantitative estimate of drug-likeness (QED) is 0.851. The number of carbonyl (C=O) groups is 1. The smallest absolute Gasteiger partial charge is 0.236 e. The van der Waals surface area contributed by atoms with Gasteiger partial charge in [0.05, 0.1) is 10.0 Å². The summed E-state index contributed by atoms with van der Waals surface area (Å²) in [6.07, 6.45) is 1.72. The molecule has 1 aromatic carbocycles. The minimum Gasteiger partial charge on any atom is -0.351 e. The summed E-state index contributed by atoms with van der Waals surface area (Å²) in [7, 11) is 0. The zero-order valence-electron chi connectivity index (χ0n) is 10.9. The van der Waals surface area contributed by atoms with Gasteiger partial charge in [0.2, 0.25) is 5.91 Å². The third-order valence-electron chi connectivity index (χ3n) is 2.76. The van der Waals surface area contributed by atoms with E-state index in [0.29, 0.717) is 6.54 Å². The molecule has 0 atom stereocenters. The number of halogens is 1. The molecule has 0 radical (unpaired) electrons. The first-order valence-corrected chi connectivity index (χ1v) is 6.82. The minimum atomic E-state index is -0.539. The molecule has 0 saturated carbocycles. The molecule has 0 spiro atoms. The van der Waals surface area contributed by atoms with Crippen LogP contribution in [-0.2, 0) is 11.3 Å². The van der Waals surface area contributed by atoms with Gasteiger partial charge in [-0.3, -0.25) is 9.89 Å². The number of benzene rings is 1. The highest BCUT2D eigenvalue weighted by Gasteiger charge is 2.22. The van der Waals surface area contributed by atoms with Crippen LogP contribution in [0.1, 0.15) is 19.4 Å². The molecule has 0 aliphatic heterocycles. The van der Waals surface area contributed by atoms with Gasteiger partial charge in [-0.25, -0.2) is 0 Å². The van der Waals surface area contributed by atoms with Gasteiger partial charge in [-0.1, -0.05) is 40.2 Å². The Kier molecular flexibility index (Phi) is 4.04. The van der Waals surface area contributed by atoms with Gasteiger partial charge in [0.1, 0.15) is 0 Å². The molecule has 100 valence electrons. The van der Waals surface area contributed by atoms with Crippen molar-refractivity contribution in [2.75, 3.05) is 0 Å². The molecule has 0 unspecified atom stereocenters. The van der Waals surface area contributed by atoms with Crippen molar-refractivity contribution in [1.82, 2.24) is 15.5 Å². The Morgan fingerprint density at radius 1 is 1.32 bits per heavy atom. The second-order valence-electron chi connectivity index (χ2n) is 4.82. The summed E-state index contributed by atoms with van der Waals surface area (Å²) in [5, 5.41) is 9.72. The van der Waals surface area contributed by atoms with Crippen molar-refractivity contribution in [2.45, 2.75) is 24.7 Å². The fraction of sp³-hybridized carbons (Fsp3) is 0.286. The van der Waals surface area contributed by atoms with E-state index in [1.165, 1.54) is 0 Å². The van der Waals surface area contributed by atoms with Gasteiger partial charge in [0.15, 0.2) is 0 Å². The molecule has 2 aromatic rings. The van der Waals surface area contributed by atoms with E-state index < -0.39 is 4.32 Å². The maximum Gasteiger partial charge on any atom is 0.236 e. The minimum absolute atomic E-state index is 0.0230. The Morgan fingerprint density at radius 3 is 2.53 bits per heavy atom. The fourth-order valence-corrected chi connectivity index (χ4v) is 1.75. The van der Waals surface area contributed by atoms with E-state index in [0.717, 1.165) is 16.8 Å². The van der Waals surface area contributed by atoms with Gasteiger partial charge in [-0.2, -0.15) is 5.10 Å². The Labute approximate surface area is 120 Å². The van der Waals surface area contributed by atoms with Crippen LogP contribution in [0.4, 0.5) is 0 Å². The lowest BCUT2D eigenvalue weighted by molar-refractivity contribution is -0.122. The van der Waals surface area contributed by atoms with Crippen LogP contribution in [-0.4, -0.2) is 20.4 Å². The molecule has 5 heteroatoms. The van der Waals surface area contributed by atoms with Crippen molar-refractivity contribution in [3.8, 4) is 11.3 Å². The standard InChI is InChI=1S/C14H16BrN3O/c1-14(2,15)13(19)16-9-10-3-5-11(6-4-10)12-7-8-17-18-12/h3-8H,9H2,1-2H3,(H,16,19)(H,17,18).